The molecule has 7 aromatic rings. The smallest absolute Gasteiger partial charge is 0.0544 e. The van der Waals surface area contributed by atoms with Gasteiger partial charge in [0.15, 0.2) is 0 Å². The van der Waals surface area contributed by atoms with Gasteiger partial charge in [-0.25, -0.2) is 0 Å². The topological polar surface area (TPSA) is 4.93 Å². The maximum atomic E-state index is 2.45. The number of benzene rings is 6. The van der Waals surface area contributed by atoms with Crippen LogP contribution in [0.1, 0.15) is 54.5 Å². The summed E-state index contributed by atoms with van der Waals surface area (Å²) in [6.45, 7) is 9.40. The summed E-state index contributed by atoms with van der Waals surface area (Å²) in [6.07, 6.45) is 0. The molecule has 6 aromatic carbocycles. The van der Waals surface area contributed by atoms with Crippen molar-refractivity contribution in [3.05, 3.63) is 173 Å². The van der Waals surface area contributed by atoms with Crippen molar-refractivity contribution in [2.24, 2.45) is 0 Å². The molecule has 7 rings (SSSR count). The zero-order valence-electron chi connectivity index (χ0n) is 25.4. The molecule has 0 aliphatic heterocycles. The molecule has 0 saturated carbocycles. The molecule has 0 spiro atoms. The normalized spacial score (nSPS) is 12.6. The maximum absolute atomic E-state index is 2.45. The van der Waals surface area contributed by atoms with Crippen LogP contribution >= 0.6 is 0 Å². The van der Waals surface area contributed by atoms with Gasteiger partial charge in [-0.05, 0) is 76.2 Å². The number of nitrogens with zero attached hydrogens (tertiary/aromatic N) is 1. The summed E-state index contributed by atoms with van der Waals surface area (Å²) in [6, 6.07) is 53.1. The van der Waals surface area contributed by atoms with Crippen molar-refractivity contribution in [2.45, 2.75) is 39.0 Å². The summed E-state index contributed by atoms with van der Waals surface area (Å²) in [5.74, 6) is 0.264. The Bertz CT molecular complexity index is 2040. The fourth-order valence-corrected chi connectivity index (χ4v) is 7.02. The average Bonchev–Trinajstić information content (AvgIpc) is 3.38. The third-order valence-corrected chi connectivity index (χ3v) is 9.32. The summed E-state index contributed by atoms with van der Waals surface area (Å²) in [7, 11) is 0. The Labute approximate surface area is 255 Å². The van der Waals surface area contributed by atoms with E-state index in [0.717, 1.165) is 0 Å². The Morgan fingerprint density at radius 2 is 1.14 bits per heavy atom. The molecular formula is C42H37N. The number of hydrogen-bond acceptors (Lipinski definition) is 0. The van der Waals surface area contributed by atoms with Crippen LogP contribution in [-0.4, -0.2) is 4.57 Å². The highest BCUT2D eigenvalue weighted by atomic mass is 15.0. The minimum absolute atomic E-state index is 0.203. The van der Waals surface area contributed by atoms with Crippen molar-refractivity contribution in [1.29, 1.82) is 0 Å². The molecule has 0 radical (unpaired) electrons. The van der Waals surface area contributed by atoms with Gasteiger partial charge in [0.25, 0.3) is 0 Å². The van der Waals surface area contributed by atoms with E-state index in [0.29, 0.717) is 0 Å². The van der Waals surface area contributed by atoms with Gasteiger partial charge in [-0.1, -0.05) is 136 Å². The van der Waals surface area contributed by atoms with Gasteiger partial charge in [0.2, 0.25) is 0 Å². The van der Waals surface area contributed by atoms with Crippen molar-refractivity contribution in [3.63, 3.8) is 0 Å². The molecule has 0 aliphatic rings. The second-order valence-electron chi connectivity index (χ2n) is 12.3. The van der Waals surface area contributed by atoms with Crippen molar-refractivity contribution in [2.75, 3.05) is 0 Å². The first kappa shape index (κ1) is 27.0. The lowest BCUT2D eigenvalue weighted by molar-refractivity contribution is 0.623. The molecule has 0 amide bonds. The zero-order chi connectivity index (χ0) is 29.6. The molecule has 210 valence electrons. The summed E-state index contributed by atoms with van der Waals surface area (Å²) in [5.41, 5.74) is 12.8. The van der Waals surface area contributed by atoms with E-state index in [4.69, 9.17) is 0 Å². The van der Waals surface area contributed by atoms with Gasteiger partial charge in [0, 0.05) is 27.8 Å². The van der Waals surface area contributed by atoms with E-state index in [1.165, 1.54) is 66.4 Å². The van der Waals surface area contributed by atoms with Crippen LogP contribution in [0, 0.1) is 6.92 Å². The van der Waals surface area contributed by atoms with Crippen LogP contribution in [0.4, 0.5) is 0 Å². The van der Waals surface area contributed by atoms with Crippen molar-refractivity contribution >= 4 is 21.8 Å². The lowest BCUT2D eigenvalue weighted by atomic mass is 9.72. The molecule has 0 fully saturated rings. The number of aryl methyl sites for hydroxylation is 1. The highest BCUT2D eigenvalue weighted by Crippen LogP contribution is 2.42. The zero-order valence-corrected chi connectivity index (χ0v) is 25.4. The van der Waals surface area contributed by atoms with E-state index in [1.807, 2.05) is 0 Å². The van der Waals surface area contributed by atoms with Crippen LogP contribution in [0.2, 0.25) is 0 Å². The average molecular weight is 556 g/mol. The Balaban J connectivity index is 1.34. The Hall–Kier alpha value is -4.88. The molecule has 1 atom stereocenters. The molecule has 0 N–H and O–H groups in total. The van der Waals surface area contributed by atoms with Gasteiger partial charge in [0.1, 0.15) is 0 Å². The molecule has 0 aliphatic carbocycles. The molecule has 1 nitrogen and oxygen atoms in total. The SMILES string of the molecule is Cc1cc2c3ccccc3n(-c3ccccc3)c2cc1C(C)(C)c1ccccc1C(C)c1ccc(-c2ccccc2)cc1. The fourth-order valence-electron chi connectivity index (χ4n) is 7.02. The second kappa shape index (κ2) is 10.7. The standard InChI is InChI=1S/C42H37N/c1-29-27-37-36-20-12-14-22-40(36)43(34-17-9-6-10-18-34)41(37)28-39(29)42(3,4)38-21-13-11-19-35(38)30(2)31-23-25-33(26-24-31)32-15-7-5-8-16-32/h5-28,30H,1-4H3. The highest BCUT2D eigenvalue weighted by molar-refractivity contribution is 6.09. The number of fused-ring (bicyclic) bond motifs is 3. The highest BCUT2D eigenvalue weighted by Gasteiger charge is 2.30. The quantitative estimate of drug-likeness (QED) is 0.192. The van der Waals surface area contributed by atoms with E-state index in [9.17, 15) is 0 Å². The molecule has 1 heteroatoms. The van der Waals surface area contributed by atoms with Gasteiger partial charge < -0.3 is 4.57 Å². The summed E-state index contributed by atoms with van der Waals surface area (Å²) in [5, 5.41) is 2.60. The minimum atomic E-state index is -0.203. The summed E-state index contributed by atoms with van der Waals surface area (Å²) in [4.78, 5) is 0. The van der Waals surface area contributed by atoms with Crippen LogP contribution in [0.25, 0.3) is 38.6 Å². The Morgan fingerprint density at radius 3 is 1.88 bits per heavy atom. The number of rotatable bonds is 6. The van der Waals surface area contributed by atoms with Gasteiger partial charge >= 0.3 is 0 Å². The van der Waals surface area contributed by atoms with Crippen LogP contribution in [0.3, 0.4) is 0 Å². The number of para-hydroxylation sites is 2. The van der Waals surface area contributed by atoms with Crippen molar-refractivity contribution in [3.8, 4) is 16.8 Å². The molecule has 0 saturated heterocycles. The van der Waals surface area contributed by atoms with Gasteiger partial charge in [0.05, 0.1) is 11.0 Å². The first-order chi connectivity index (χ1) is 20.9. The van der Waals surface area contributed by atoms with Gasteiger partial charge in [-0.15, -0.1) is 0 Å². The first-order valence-corrected chi connectivity index (χ1v) is 15.3. The summed E-state index contributed by atoms with van der Waals surface area (Å²) >= 11 is 0. The molecule has 1 heterocycles. The number of hydrogen-bond donors (Lipinski definition) is 0. The molecule has 1 aromatic heterocycles. The number of aromatic nitrogens is 1. The fraction of sp³-hybridized carbons (Fsp3) is 0.143. The third-order valence-electron chi connectivity index (χ3n) is 9.32. The lowest BCUT2D eigenvalue weighted by Gasteiger charge is -2.32. The molecule has 43 heavy (non-hydrogen) atoms. The Kier molecular flexibility index (Phi) is 6.75. The van der Waals surface area contributed by atoms with Crippen LogP contribution < -0.4 is 0 Å². The van der Waals surface area contributed by atoms with Crippen LogP contribution in [0.15, 0.2) is 146 Å². The molecule has 1 unspecified atom stereocenters. The van der Waals surface area contributed by atoms with E-state index in [1.54, 1.807) is 0 Å². The summed E-state index contributed by atoms with van der Waals surface area (Å²) < 4.78 is 2.42. The van der Waals surface area contributed by atoms with E-state index in [-0.39, 0.29) is 11.3 Å². The lowest BCUT2D eigenvalue weighted by Crippen LogP contribution is -2.23. The largest absolute Gasteiger partial charge is 0.309 e. The maximum Gasteiger partial charge on any atom is 0.0544 e. The molecular weight excluding hydrogens is 518 g/mol. The minimum Gasteiger partial charge on any atom is -0.309 e. The van der Waals surface area contributed by atoms with E-state index in [2.05, 4.69) is 178 Å². The predicted octanol–water partition coefficient (Wildman–Crippen LogP) is 11.2. The van der Waals surface area contributed by atoms with Gasteiger partial charge in [-0.2, -0.15) is 0 Å². The monoisotopic (exact) mass is 555 g/mol. The van der Waals surface area contributed by atoms with Crippen molar-refractivity contribution < 1.29 is 0 Å². The first-order valence-electron chi connectivity index (χ1n) is 15.3. The predicted molar refractivity (Wildman–Crippen MR) is 183 cm³/mol. The van der Waals surface area contributed by atoms with Crippen molar-refractivity contribution in [1.82, 2.24) is 4.57 Å². The molecule has 0 bridgehead atoms. The third kappa shape index (κ3) is 4.66. The van der Waals surface area contributed by atoms with Crippen LogP contribution in [-0.2, 0) is 5.41 Å². The van der Waals surface area contributed by atoms with Gasteiger partial charge in [-0.3, -0.25) is 0 Å². The van der Waals surface area contributed by atoms with Crippen LogP contribution in [0.5, 0.6) is 0 Å². The van der Waals surface area contributed by atoms with E-state index >= 15 is 0 Å². The van der Waals surface area contributed by atoms with E-state index < -0.39 is 0 Å². The second-order valence-corrected chi connectivity index (χ2v) is 12.3. The Morgan fingerprint density at radius 1 is 0.535 bits per heavy atom.